The molecule has 0 aliphatic rings. The minimum Gasteiger partial charge on any atom is -0.370 e. The fraction of sp³-hybridized carbons (Fsp3) is 0.267. The molecule has 0 aliphatic heterocycles. The Bertz CT molecular complexity index is 568. The molecule has 2 aromatic heterocycles. The van der Waals surface area contributed by atoms with Crippen molar-refractivity contribution in [2.75, 3.05) is 13.1 Å². The van der Waals surface area contributed by atoms with Gasteiger partial charge in [-0.3, -0.25) is 9.98 Å². The van der Waals surface area contributed by atoms with E-state index in [2.05, 4.69) is 20.3 Å². The maximum Gasteiger partial charge on any atom is 0.188 e. The molecule has 0 spiro atoms. The van der Waals surface area contributed by atoms with Crippen LogP contribution in [0.1, 0.15) is 11.3 Å². The van der Waals surface area contributed by atoms with Gasteiger partial charge in [-0.15, -0.1) is 0 Å². The highest BCUT2D eigenvalue weighted by Gasteiger charge is 1.96. The summed E-state index contributed by atoms with van der Waals surface area (Å²) >= 11 is 5.73. The number of hydrogen-bond donors (Lipinski definition) is 2. The summed E-state index contributed by atoms with van der Waals surface area (Å²) in [6.45, 7) is 1.33. The zero-order valence-corrected chi connectivity index (χ0v) is 12.4. The van der Waals surface area contributed by atoms with Crippen LogP contribution in [-0.4, -0.2) is 29.0 Å². The lowest BCUT2D eigenvalue weighted by molar-refractivity contribution is 0.837. The predicted molar refractivity (Wildman–Crippen MR) is 85.4 cm³/mol. The molecule has 110 valence electrons. The van der Waals surface area contributed by atoms with Crippen LogP contribution in [-0.2, 0) is 12.8 Å². The largest absolute Gasteiger partial charge is 0.370 e. The fourth-order valence-corrected chi connectivity index (χ4v) is 1.89. The number of nitrogens with zero attached hydrogens (tertiary/aromatic N) is 3. The highest BCUT2D eigenvalue weighted by Crippen LogP contribution is 2.05. The standard InChI is InChI=1S/C15H18ClN5/c16-14-5-4-12(11-21-14)6-9-19-15(17)20-10-7-13-3-1-2-8-18-13/h1-5,8,11H,6-7,9-10H2,(H3,17,19,20). The summed E-state index contributed by atoms with van der Waals surface area (Å²) in [5, 5.41) is 3.58. The molecule has 0 amide bonds. The van der Waals surface area contributed by atoms with Crippen LogP contribution in [0.5, 0.6) is 0 Å². The molecule has 0 aliphatic carbocycles. The number of hydrogen-bond acceptors (Lipinski definition) is 3. The summed E-state index contributed by atoms with van der Waals surface area (Å²) in [7, 11) is 0. The van der Waals surface area contributed by atoms with Gasteiger partial charge in [-0.25, -0.2) is 4.98 Å². The number of nitrogens with two attached hydrogens (primary N) is 1. The zero-order chi connectivity index (χ0) is 14.9. The van der Waals surface area contributed by atoms with E-state index in [1.807, 2.05) is 24.3 Å². The summed E-state index contributed by atoms with van der Waals surface area (Å²) < 4.78 is 0. The average molecular weight is 304 g/mol. The number of halogens is 1. The van der Waals surface area contributed by atoms with Crippen molar-refractivity contribution in [3.05, 3.63) is 59.1 Å². The number of aromatic nitrogens is 2. The van der Waals surface area contributed by atoms with Crippen molar-refractivity contribution in [2.45, 2.75) is 12.8 Å². The van der Waals surface area contributed by atoms with E-state index >= 15 is 0 Å². The average Bonchev–Trinajstić information content (AvgIpc) is 2.50. The molecule has 0 saturated heterocycles. The van der Waals surface area contributed by atoms with Crippen molar-refractivity contribution in [1.82, 2.24) is 15.3 Å². The third kappa shape index (κ3) is 5.79. The van der Waals surface area contributed by atoms with Gasteiger partial charge in [0.1, 0.15) is 5.15 Å². The van der Waals surface area contributed by atoms with Crippen molar-refractivity contribution < 1.29 is 0 Å². The molecule has 0 saturated carbocycles. The Balaban J connectivity index is 1.68. The monoisotopic (exact) mass is 303 g/mol. The van der Waals surface area contributed by atoms with Gasteiger partial charge in [0.05, 0.1) is 0 Å². The van der Waals surface area contributed by atoms with E-state index in [1.54, 1.807) is 18.5 Å². The van der Waals surface area contributed by atoms with Gasteiger partial charge in [0.2, 0.25) is 0 Å². The van der Waals surface area contributed by atoms with Gasteiger partial charge in [-0.05, 0) is 30.2 Å². The van der Waals surface area contributed by atoms with Crippen LogP contribution in [0.4, 0.5) is 0 Å². The predicted octanol–water partition coefficient (Wildman–Crippen LogP) is 1.82. The molecule has 0 aromatic carbocycles. The summed E-state index contributed by atoms with van der Waals surface area (Å²) in [6.07, 6.45) is 5.14. The molecule has 0 radical (unpaired) electrons. The maximum atomic E-state index is 5.81. The summed E-state index contributed by atoms with van der Waals surface area (Å²) in [5.74, 6) is 0.452. The summed E-state index contributed by atoms with van der Waals surface area (Å²) in [5.41, 5.74) is 7.93. The van der Waals surface area contributed by atoms with E-state index in [4.69, 9.17) is 17.3 Å². The molecular formula is C15H18ClN5. The molecule has 6 heteroatoms. The lowest BCUT2D eigenvalue weighted by atomic mass is 10.2. The first kappa shape index (κ1) is 15.3. The Morgan fingerprint density at radius 2 is 2.10 bits per heavy atom. The van der Waals surface area contributed by atoms with Gasteiger partial charge in [0, 0.05) is 37.6 Å². The number of aliphatic imine (C=N–C) groups is 1. The Morgan fingerprint density at radius 1 is 1.19 bits per heavy atom. The van der Waals surface area contributed by atoms with Crippen LogP contribution < -0.4 is 11.1 Å². The Kier molecular flexibility index (Phi) is 5.97. The second kappa shape index (κ2) is 8.21. The van der Waals surface area contributed by atoms with E-state index in [-0.39, 0.29) is 0 Å². The topological polar surface area (TPSA) is 76.2 Å². The van der Waals surface area contributed by atoms with Gasteiger partial charge >= 0.3 is 0 Å². The lowest BCUT2D eigenvalue weighted by Crippen LogP contribution is -2.33. The first-order valence-electron chi connectivity index (χ1n) is 6.78. The quantitative estimate of drug-likeness (QED) is 0.485. The van der Waals surface area contributed by atoms with Gasteiger partial charge in [0.15, 0.2) is 5.96 Å². The third-order valence-electron chi connectivity index (χ3n) is 2.88. The highest BCUT2D eigenvalue weighted by atomic mass is 35.5. The van der Waals surface area contributed by atoms with Crippen molar-refractivity contribution in [3.8, 4) is 0 Å². The zero-order valence-electron chi connectivity index (χ0n) is 11.7. The van der Waals surface area contributed by atoms with Crippen molar-refractivity contribution in [1.29, 1.82) is 0 Å². The molecule has 2 rings (SSSR count). The SMILES string of the molecule is NC(=NCCc1ccccn1)NCCc1ccc(Cl)nc1. The van der Waals surface area contributed by atoms with E-state index in [9.17, 15) is 0 Å². The van der Waals surface area contributed by atoms with Gasteiger partial charge in [-0.2, -0.15) is 0 Å². The molecule has 0 fully saturated rings. The fourth-order valence-electron chi connectivity index (χ4n) is 1.78. The van der Waals surface area contributed by atoms with Crippen molar-refractivity contribution in [2.24, 2.45) is 10.7 Å². The van der Waals surface area contributed by atoms with Crippen molar-refractivity contribution in [3.63, 3.8) is 0 Å². The minimum atomic E-state index is 0.452. The Labute approximate surface area is 129 Å². The van der Waals surface area contributed by atoms with E-state index in [1.165, 1.54) is 0 Å². The minimum absolute atomic E-state index is 0.452. The normalized spacial score (nSPS) is 11.4. The first-order valence-corrected chi connectivity index (χ1v) is 7.16. The molecule has 21 heavy (non-hydrogen) atoms. The lowest BCUT2D eigenvalue weighted by Gasteiger charge is -2.05. The first-order chi connectivity index (χ1) is 10.2. The second-order valence-electron chi connectivity index (χ2n) is 4.50. The van der Waals surface area contributed by atoms with Crippen LogP contribution >= 0.6 is 11.6 Å². The van der Waals surface area contributed by atoms with E-state index in [0.717, 1.165) is 24.1 Å². The van der Waals surface area contributed by atoms with Gasteiger partial charge in [0.25, 0.3) is 0 Å². The number of rotatable bonds is 6. The van der Waals surface area contributed by atoms with Crippen molar-refractivity contribution >= 4 is 17.6 Å². The van der Waals surface area contributed by atoms with Crippen LogP contribution in [0.3, 0.4) is 0 Å². The van der Waals surface area contributed by atoms with Gasteiger partial charge in [-0.1, -0.05) is 23.7 Å². The van der Waals surface area contributed by atoms with E-state index in [0.29, 0.717) is 24.2 Å². The summed E-state index contributed by atoms with van der Waals surface area (Å²) in [6, 6.07) is 9.57. The molecule has 3 N–H and O–H groups in total. The molecule has 0 unspecified atom stereocenters. The molecule has 2 heterocycles. The summed E-state index contributed by atoms with van der Waals surface area (Å²) in [4.78, 5) is 12.5. The Morgan fingerprint density at radius 3 is 2.81 bits per heavy atom. The number of guanidine groups is 1. The molecule has 5 nitrogen and oxygen atoms in total. The van der Waals surface area contributed by atoms with Gasteiger partial charge < -0.3 is 11.1 Å². The number of nitrogens with one attached hydrogen (secondary N) is 1. The van der Waals surface area contributed by atoms with Crippen LogP contribution in [0, 0.1) is 0 Å². The van der Waals surface area contributed by atoms with Crippen LogP contribution in [0.25, 0.3) is 0 Å². The second-order valence-corrected chi connectivity index (χ2v) is 4.89. The third-order valence-corrected chi connectivity index (χ3v) is 3.11. The van der Waals surface area contributed by atoms with E-state index < -0.39 is 0 Å². The smallest absolute Gasteiger partial charge is 0.188 e. The molecule has 2 aromatic rings. The van der Waals surface area contributed by atoms with Crippen LogP contribution in [0.15, 0.2) is 47.7 Å². The Hall–Kier alpha value is -2.14. The van der Waals surface area contributed by atoms with Crippen LogP contribution in [0.2, 0.25) is 5.15 Å². The molecule has 0 atom stereocenters. The highest BCUT2D eigenvalue weighted by molar-refractivity contribution is 6.29. The molecule has 0 bridgehead atoms. The number of pyridine rings is 2. The maximum absolute atomic E-state index is 5.81. The molecular weight excluding hydrogens is 286 g/mol.